The van der Waals surface area contributed by atoms with Crippen LogP contribution in [0.25, 0.3) is 10.8 Å². The average molecular weight is 289 g/mol. The van der Waals surface area contributed by atoms with Crippen LogP contribution < -0.4 is 0 Å². The summed E-state index contributed by atoms with van der Waals surface area (Å²) >= 11 is 6.24. The van der Waals surface area contributed by atoms with Gasteiger partial charge in [-0.05, 0) is 37.1 Å². The Balaban J connectivity index is 2.07. The molecule has 3 nitrogen and oxygen atoms in total. The highest BCUT2D eigenvalue weighted by Crippen LogP contribution is 2.27. The topological polar surface area (TPSA) is 33.2 Å². The molecular formula is C16H17ClN2O. The monoisotopic (exact) mass is 288 g/mol. The first kappa shape index (κ1) is 13.4. The third kappa shape index (κ3) is 2.27. The summed E-state index contributed by atoms with van der Waals surface area (Å²) in [7, 11) is 0. The van der Waals surface area contributed by atoms with Gasteiger partial charge in [0.05, 0.1) is 0 Å². The summed E-state index contributed by atoms with van der Waals surface area (Å²) in [4.78, 5) is 18.9. The number of fused-ring (bicyclic) bond motifs is 1. The van der Waals surface area contributed by atoms with Crippen molar-refractivity contribution in [2.45, 2.75) is 26.2 Å². The van der Waals surface area contributed by atoms with E-state index in [0.29, 0.717) is 10.8 Å². The Bertz CT molecular complexity index is 663. The van der Waals surface area contributed by atoms with Crippen molar-refractivity contribution in [3.63, 3.8) is 0 Å². The minimum absolute atomic E-state index is 0.00912. The summed E-state index contributed by atoms with van der Waals surface area (Å²) in [6.07, 6.45) is 3.35. The number of halogens is 1. The molecule has 0 N–H and O–H groups in total. The molecule has 1 aliphatic rings. The third-order valence-electron chi connectivity index (χ3n) is 3.96. The lowest BCUT2D eigenvalue weighted by Crippen LogP contribution is -2.36. The van der Waals surface area contributed by atoms with Gasteiger partial charge in [0.15, 0.2) is 0 Å². The maximum Gasteiger partial charge on any atom is 0.272 e. The van der Waals surface area contributed by atoms with Crippen molar-refractivity contribution in [2.24, 2.45) is 0 Å². The number of likely N-dealkylation sites (tertiary alicyclic amines) is 1. The molecule has 0 radical (unpaired) electrons. The second-order valence-corrected chi connectivity index (χ2v) is 5.63. The van der Waals surface area contributed by atoms with Crippen molar-refractivity contribution in [3.8, 4) is 0 Å². The molecule has 1 aromatic heterocycles. The number of rotatable bonds is 1. The van der Waals surface area contributed by atoms with Crippen molar-refractivity contribution >= 4 is 28.3 Å². The second kappa shape index (κ2) is 5.41. The number of pyridine rings is 1. The number of amides is 1. The number of hydrogen-bond acceptors (Lipinski definition) is 2. The molecule has 104 valence electrons. The SMILES string of the molecule is Cc1c(C(=O)N2CCCCC2)nc(Cl)c2ccccc12. The zero-order valence-corrected chi connectivity index (χ0v) is 12.3. The molecule has 0 atom stereocenters. The largest absolute Gasteiger partial charge is 0.337 e. The van der Waals surface area contributed by atoms with Crippen LogP contribution in [-0.4, -0.2) is 28.9 Å². The van der Waals surface area contributed by atoms with Gasteiger partial charge in [0.1, 0.15) is 10.8 Å². The Kier molecular flexibility index (Phi) is 3.62. The van der Waals surface area contributed by atoms with Crippen LogP contribution in [-0.2, 0) is 0 Å². The molecule has 1 saturated heterocycles. The van der Waals surface area contributed by atoms with Gasteiger partial charge in [0, 0.05) is 18.5 Å². The van der Waals surface area contributed by atoms with Crippen molar-refractivity contribution in [1.82, 2.24) is 9.88 Å². The first-order valence-corrected chi connectivity index (χ1v) is 7.40. The van der Waals surface area contributed by atoms with Crippen LogP contribution in [0, 0.1) is 6.92 Å². The van der Waals surface area contributed by atoms with Crippen molar-refractivity contribution in [2.75, 3.05) is 13.1 Å². The first-order valence-electron chi connectivity index (χ1n) is 7.02. The molecule has 0 bridgehead atoms. The molecule has 1 aliphatic heterocycles. The fourth-order valence-corrected chi connectivity index (χ4v) is 3.06. The molecule has 0 saturated carbocycles. The Morgan fingerprint density at radius 1 is 1.15 bits per heavy atom. The molecule has 20 heavy (non-hydrogen) atoms. The summed E-state index contributed by atoms with van der Waals surface area (Å²) in [6, 6.07) is 7.82. The number of carbonyl (C=O) groups excluding carboxylic acids is 1. The van der Waals surface area contributed by atoms with Gasteiger partial charge in [0.25, 0.3) is 5.91 Å². The van der Waals surface area contributed by atoms with Crippen molar-refractivity contribution in [3.05, 3.63) is 40.7 Å². The van der Waals surface area contributed by atoms with E-state index in [9.17, 15) is 4.79 Å². The predicted molar refractivity (Wildman–Crippen MR) is 81.2 cm³/mol. The summed E-state index contributed by atoms with van der Waals surface area (Å²) in [5.41, 5.74) is 1.41. The van der Waals surface area contributed by atoms with Crippen molar-refractivity contribution in [1.29, 1.82) is 0 Å². The van der Waals surface area contributed by atoms with E-state index >= 15 is 0 Å². The van der Waals surface area contributed by atoms with Crippen LogP contribution in [0.15, 0.2) is 24.3 Å². The van der Waals surface area contributed by atoms with Crippen LogP contribution >= 0.6 is 11.6 Å². The molecular weight excluding hydrogens is 272 g/mol. The van der Waals surface area contributed by atoms with Crippen LogP contribution in [0.5, 0.6) is 0 Å². The minimum Gasteiger partial charge on any atom is -0.337 e. The van der Waals surface area contributed by atoms with E-state index in [-0.39, 0.29) is 5.91 Å². The Hall–Kier alpha value is -1.61. The number of hydrogen-bond donors (Lipinski definition) is 0. The zero-order chi connectivity index (χ0) is 14.1. The lowest BCUT2D eigenvalue weighted by atomic mass is 10.0. The average Bonchev–Trinajstić information content (AvgIpc) is 2.51. The fourth-order valence-electron chi connectivity index (χ4n) is 2.81. The first-order chi connectivity index (χ1) is 9.68. The molecule has 1 fully saturated rings. The highest BCUT2D eigenvalue weighted by Gasteiger charge is 2.22. The fraction of sp³-hybridized carbons (Fsp3) is 0.375. The highest BCUT2D eigenvalue weighted by molar-refractivity contribution is 6.34. The number of carbonyl (C=O) groups is 1. The normalized spacial score (nSPS) is 15.6. The quantitative estimate of drug-likeness (QED) is 0.747. The smallest absolute Gasteiger partial charge is 0.272 e. The maximum absolute atomic E-state index is 12.6. The summed E-state index contributed by atoms with van der Waals surface area (Å²) in [5, 5.41) is 2.32. The maximum atomic E-state index is 12.6. The second-order valence-electron chi connectivity index (χ2n) is 5.27. The predicted octanol–water partition coefficient (Wildman–Crippen LogP) is 3.82. The van der Waals surface area contributed by atoms with Gasteiger partial charge < -0.3 is 4.90 Å². The number of benzene rings is 1. The number of piperidine rings is 1. The standard InChI is InChI=1S/C16H17ClN2O/c1-11-12-7-3-4-8-13(12)15(17)18-14(11)16(20)19-9-5-2-6-10-19/h3-4,7-8H,2,5-6,9-10H2,1H3. The lowest BCUT2D eigenvalue weighted by Gasteiger charge is -2.27. The van der Waals surface area contributed by atoms with Gasteiger partial charge in [-0.1, -0.05) is 35.9 Å². The van der Waals surface area contributed by atoms with Gasteiger partial charge in [-0.15, -0.1) is 0 Å². The summed E-state index contributed by atoms with van der Waals surface area (Å²) < 4.78 is 0. The van der Waals surface area contributed by atoms with E-state index in [1.807, 2.05) is 36.1 Å². The minimum atomic E-state index is 0.00912. The summed E-state index contributed by atoms with van der Waals surface area (Å²) in [5.74, 6) is 0.00912. The molecule has 4 heteroatoms. The van der Waals surface area contributed by atoms with E-state index in [4.69, 9.17) is 11.6 Å². The molecule has 1 aromatic carbocycles. The van der Waals surface area contributed by atoms with Crippen molar-refractivity contribution < 1.29 is 4.79 Å². The number of aromatic nitrogens is 1. The van der Waals surface area contributed by atoms with Crippen LogP contribution in [0.3, 0.4) is 0 Å². The molecule has 0 unspecified atom stereocenters. The van der Waals surface area contributed by atoms with Crippen LogP contribution in [0.4, 0.5) is 0 Å². The van der Waals surface area contributed by atoms with E-state index in [2.05, 4.69) is 4.98 Å². The Labute approximate surface area is 123 Å². The van der Waals surface area contributed by atoms with Gasteiger partial charge in [-0.2, -0.15) is 0 Å². The number of aryl methyl sites for hydroxylation is 1. The third-order valence-corrected chi connectivity index (χ3v) is 4.25. The highest BCUT2D eigenvalue weighted by atomic mass is 35.5. The zero-order valence-electron chi connectivity index (χ0n) is 11.5. The lowest BCUT2D eigenvalue weighted by molar-refractivity contribution is 0.0718. The van der Waals surface area contributed by atoms with E-state index in [1.165, 1.54) is 6.42 Å². The van der Waals surface area contributed by atoms with Gasteiger partial charge >= 0.3 is 0 Å². The Morgan fingerprint density at radius 3 is 2.50 bits per heavy atom. The molecule has 0 spiro atoms. The summed E-state index contributed by atoms with van der Waals surface area (Å²) in [6.45, 7) is 3.59. The molecule has 3 rings (SSSR count). The van der Waals surface area contributed by atoms with Crippen LogP contribution in [0.2, 0.25) is 5.15 Å². The molecule has 2 aromatic rings. The van der Waals surface area contributed by atoms with E-state index in [0.717, 1.165) is 42.3 Å². The Morgan fingerprint density at radius 2 is 1.80 bits per heavy atom. The van der Waals surface area contributed by atoms with Gasteiger partial charge in [0.2, 0.25) is 0 Å². The van der Waals surface area contributed by atoms with Crippen LogP contribution in [0.1, 0.15) is 35.3 Å². The van der Waals surface area contributed by atoms with Gasteiger partial charge in [-0.3, -0.25) is 4.79 Å². The van der Waals surface area contributed by atoms with E-state index in [1.54, 1.807) is 0 Å². The van der Waals surface area contributed by atoms with Gasteiger partial charge in [-0.25, -0.2) is 4.98 Å². The molecule has 1 amide bonds. The molecule has 0 aliphatic carbocycles. The molecule has 2 heterocycles. The van der Waals surface area contributed by atoms with E-state index < -0.39 is 0 Å². The number of nitrogens with zero attached hydrogens (tertiary/aromatic N) is 2.